The maximum atomic E-state index is 11.3. The molecule has 1 N–H and O–H groups in total. The molecule has 0 unspecified atom stereocenters. The van der Waals surface area contributed by atoms with Crippen LogP contribution in [0.1, 0.15) is 27.2 Å². The zero-order valence-electron chi connectivity index (χ0n) is 16.9. The Labute approximate surface area is 169 Å². The first-order valence-corrected chi connectivity index (χ1v) is 11.4. The lowest BCUT2D eigenvalue weighted by atomic mass is 10.2. The van der Waals surface area contributed by atoms with E-state index >= 15 is 0 Å². The smallest absolute Gasteiger partial charge is 0.306 e. The van der Waals surface area contributed by atoms with Gasteiger partial charge in [0.1, 0.15) is 0 Å². The van der Waals surface area contributed by atoms with Gasteiger partial charge in [-0.1, -0.05) is 87.5 Å². The fourth-order valence-corrected chi connectivity index (χ4v) is 8.14. The Balaban J connectivity index is 2.48. The molecule has 0 aromatic heterocycles. The topological polar surface area (TPSA) is 55.8 Å². The molecule has 0 spiro atoms. The normalized spacial score (nSPS) is 13.1. The maximum Gasteiger partial charge on any atom is 0.306 e. The summed E-state index contributed by atoms with van der Waals surface area (Å²) in [5, 5.41) is 11.4. The summed E-state index contributed by atoms with van der Waals surface area (Å²) in [7, 11) is -2.70. The van der Waals surface area contributed by atoms with Gasteiger partial charge in [-0.3, -0.25) is 4.79 Å². The molecular formula is C23H30O4Si. The Morgan fingerprint density at radius 3 is 1.96 bits per heavy atom. The van der Waals surface area contributed by atoms with Gasteiger partial charge in [0.2, 0.25) is 0 Å². The van der Waals surface area contributed by atoms with Crippen LogP contribution < -0.4 is 10.4 Å². The third kappa shape index (κ3) is 5.19. The fraction of sp³-hybridized carbons (Fsp3) is 0.348. The molecular weight excluding hydrogens is 368 g/mol. The molecule has 2 aromatic carbocycles. The third-order valence-electron chi connectivity index (χ3n) is 4.75. The summed E-state index contributed by atoms with van der Waals surface area (Å²) in [5.41, 5.74) is 0. The highest BCUT2D eigenvalue weighted by atomic mass is 28.4. The lowest BCUT2D eigenvalue weighted by Crippen LogP contribution is -2.67. The van der Waals surface area contributed by atoms with Crippen LogP contribution in [0.25, 0.3) is 0 Å². The number of benzene rings is 2. The van der Waals surface area contributed by atoms with Crippen molar-refractivity contribution in [3.8, 4) is 0 Å². The minimum absolute atomic E-state index is 0.105. The van der Waals surface area contributed by atoms with E-state index in [0.29, 0.717) is 6.61 Å². The van der Waals surface area contributed by atoms with Gasteiger partial charge in [-0.05, 0) is 15.4 Å². The number of carboxylic acids is 1. The van der Waals surface area contributed by atoms with Crippen LogP contribution in [0.5, 0.6) is 0 Å². The van der Waals surface area contributed by atoms with E-state index in [1.165, 1.54) is 0 Å². The Kier molecular flexibility index (Phi) is 7.75. The van der Waals surface area contributed by atoms with E-state index in [0.717, 1.165) is 10.4 Å². The lowest BCUT2D eigenvalue weighted by Gasteiger charge is -2.43. The molecule has 2 rings (SSSR count). The van der Waals surface area contributed by atoms with Gasteiger partial charge in [0, 0.05) is 0 Å². The molecule has 0 saturated carbocycles. The average molecular weight is 399 g/mol. The summed E-state index contributed by atoms with van der Waals surface area (Å²) >= 11 is 0. The van der Waals surface area contributed by atoms with Gasteiger partial charge in [0.05, 0.1) is 25.7 Å². The van der Waals surface area contributed by atoms with E-state index in [4.69, 9.17) is 9.16 Å². The van der Waals surface area contributed by atoms with Gasteiger partial charge >= 0.3 is 5.97 Å². The monoisotopic (exact) mass is 398 g/mol. The minimum atomic E-state index is -2.70. The standard InChI is InChI=1S/C23H30O4Si/c1-5-16-26-19(17-22(24)25)18-27-28(23(2,3)4,20-12-8-6-9-13-20)21-14-10-7-11-15-21/h5-15,19H,1,16-18H2,2-4H3,(H,24,25)/t19-/m0/s1. The van der Waals surface area contributed by atoms with Crippen LogP contribution in [0.3, 0.4) is 0 Å². The second-order valence-electron chi connectivity index (χ2n) is 7.82. The second-order valence-corrected chi connectivity index (χ2v) is 12.1. The first-order valence-electron chi connectivity index (χ1n) is 9.50. The summed E-state index contributed by atoms with van der Waals surface area (Å²) in [6, 6.07) is 20.5. The van der Waals surface area contributed by atoms with Crippen molar-refractivity contribution in [2.24, 2.45) is 0 Å². The molecule has 0 aliphatic carbocycles. The zero-order valence-corrected chi connectivity index (χ0v) is 17.9. The molecule has 0 saturated heterocycles. The molecule has 150 valence electrons. The first-order chi connectivity index (χ1) is 13.3. The number of carboxylic acid groups (broad SMARTS) is 1. The number of aliphatic carboxylic acids is 1. The maximum absolute atomic E-state index is 11.3. The van der Waals surface area contributed by atoms with Crippen molar-refractivity contribution in [3.05, 3.63) is 73.3 Å². The minimum Gasteiger partial charge on any atom is -0.481 e. The summed E-state index contributed by atoms with van der Waals surface area (Å²) < 4.78 is 12.4. The summed E-state index contributed by atoms with van der Waals surface area (Å²) in [4.78, 5) is 11.3. The van der Waals surface area contributed by atoms with Crippen LogP contribution in [0.4, 0.5) is 0 Å². The molecule has 0 amide bonds. The molecule has 0 aliphatic heterocycles. The Bertz CT molecular complexity index is 714. The fourth-order valence-electron chi connectivity index (χ4n) is 3.54. The first kappa shape index (κ1) is 22.1. The summed E-state index contributed by atoms with van der Waals surface area (Å²) in [6.07, 6.45) is 0.987. The van der Waals surface area contributed by atoms with E-state index < -0.39 is 20.4 Å². The molecule has 0 fully saturated rings. The van der Waals surface area contributed by atoms with Crippen LogP contribution in [-0.2, 0) is 14.0 Å². The van der Waals surface area contributed by atoms with Crippen molar-refractivity contribution in [1.82, 2.24) is 0 Å². The zero-order chi connectivity index (χ0) is 20.6. The quantitative estimate of drug-likeness (QED) is 0.491. The van der Waals surface area contributed by atoms with Crippen molar-refractivity contribution in [2.45, 2.75) is 38.3 Å². The second kappa shape index (κ2) is 9.82. The Morgan fingerprint density at radius 1 is 1.07 bits per heavy atom. The van der Waals surface area contributed by atoms with Crippen LogP contribution >= 0.6 is 0 Å². The SMILES string of the molecule is C=CCO[C@H](CO[Si](c1ccccc1)(c1ccccc1)C(C)(C)C)CC(=O)O. The third-order valence-corrected chi connectivity index (χ3v) is 9.76. The van der Waals surface area contributed by atoms with Crippen LogP contribution in [0, 0.1) is 0 Å². The van der Waals surface area contributed by atoms with Crippen molar-refractivity contribution in [1.29, 1.82) is 0 Å². The van der Waals surface area contributed by atoms with Gasteiger partial charge in [-0.2, -0.15) is 0 Å². The van der Waals surface area contributed by atoms with Gasteiger partial charge < -0.3 is 14.3 Å². The number of hydrogen-bond donors (Lipinski definition) is 1. The number of ether oxygens (including phenoxy) is 1. The van der Waals surface area contributed by atoms with E-state index in [1.54, 1.807) is 6.08 Å². The highest BCUT2D eigenvalue weighted by molar-refractivity contribution is 6.99. The molecule has 0 bridgehead atoms. The predicted molar refractivity (Wildman–Crippen MR) is 116 cm³/mol. The van der Waals surface area contributed by atoms with Gasteiger partial charge in [-0.15, -0.1) is 6.58 Å². The van der Waals surface area contributed by atoms with E-state index in [9.17, 15) is 9.90 Å². The van der Waals surface area contributed by atoms with Crippen LogP contribution in [0.15, 0.2) is 73.3 Å². The number of carbonyl (C=O) groups is 1. The molecule has 0 heterocycles. The average Bonchev–Trinajstić information content (AvgIpc) is 2.66. The highest BCUT2D eigenvalue weighted by Crippen LogP contribution is 2.36. The van der Waals surface area contributed by atoms with Crippen LogP contribution in [0.2, 0.25) is 5.04 Å². The molecule has 28 heavy (non-hydrogen) atoms. The van der Waals surface area contributed by atoms with Crippen molar-refractivity contribution < 1.29 is 19.1 Å². The van der Waals surface area contributed by atoms with Crippen molar-refractivity contribution in [3.63, 3.8) is 0 Å². The molecule has 2 aromatic rings. The van der Waals surface area contributed by atoms with E-state index in [2.05, 4.69) is 51.6 Å². The van der Waals surface area contributed by atoms with Crippen LogP contribution in [-0.4, -0.2) is 38.7 Å². The van der Waals surface area contributed by atoms with E-state index in [-0.39, 0.29) is 18.1 Å². The van der Waals surface area contributed by atoms with E-state index in [1.807, 2.05) is 36.4 Å². The van der Waals surface area contributed by atoms with Gasteiger partial charge in [0.15, 0.2) is 0 Å². The molecule has 0 radical (unpaired) electrons. The van der Waals surface area contributed by atoms with Gasteiger partial charge in [-0.25, -0.2) is 0 Å². The Hall–Kier alpha value is -2.21. The molecule has 1 atom stereocenters. The van der Waals surface area contributed by atoms with Gasteiger partial charge in [0.25, 0.3) is 8.32 Å². The Morgan fingerprint density at radius 2 is 1.57 bits per heavy atom. The van der Waals surface area contributed by atoms with Crippen molar-refractivity contribution in [2.75, 3.05) is 13.2 Å². The molecule has 0 aliphatic rings. The number of hydrogen-bond acceptors (Lipinski definition) is 3. The predicted octanol–water partition coefficient (Wildman–Crippen LogP) is 3.61. The largest absolute Gasteiger partial charge is 0.481 e. The highest BCUT2D eigenvalue weighted by Gasteiger charge is 2.50. The molecule has 5 heteroatoms. The van der Waals surface area contributed by atoms with Crippen molar-refractivity contribution >= 4 is 24.7 Å². The number of rotatable bonds is 10. The lowest BCUT2D eigenvalue weighted by molar-refractivity contribution is -0.140. The summed E-state index contributed by atoms with van der Waals surface area (Å²) in [6.45, 7) is 10.7. The molecule has 4 nitrogen and oxygen atoms in total. The summed E-state index contributed by atoms with van der Waals surface area (Å²) in [5.74, 6) is -0.903.